The number of thiophene rings is 1. The molecule has 0 unspecified atom stereocenters. The molecule has 178 valence electrons. The molecule has 0 saturated carbocycles. The molecule has 0 aromatic carbocycles. The number of ketones is 1. The number of anilines is 1. The molecular formula is C25H24N6O3S. The lowest BCUT2D eigenvalue weighted by atomic mass is 9.89. The summed E-state index contributed by atoms with van der Waals surface area (Å²) in [7, 11) is 0. The summed E-state index contributed by atoms with van der Waals surface area (Å²) >= 11 is 1.62. The van der Waals surface area contributed by atoms with Crippen LogP contribution >= 0.6 is 11.3 Å². The number of aliphatic hydroxyl groups excluding tert-OH is 1. The molecule has 4 aromatic heterocycles. The third-order valence-electron chi connectivity index (χ3n) is 6.37. The predicted molar refractivity (Wildman–Crippen MR) is 134 cm³/mol. The number of nitrogens with two attached hydrogens (primary N) is 1. The quantitative estimate of drug-likeness (QED) is 0.246. The van der Waals surface area contributed by atoms with Crippen molar-refractivity contribution < 1.29 is 14.7 Å². The molecular weight excluding hydrogens is 464 g/mol. The number of amides is 1. The first-order chi connectivity index (χ1) is 16.8. The highest BCUT2D eigenvalue weighted by Gasteiger charge is 2.30. The van der Waals surface area contributed by atoms with E-state index >= 15 is 0 Å². The Morgan fingerprint density at radius 2 is 1.94 bits per heavy atom. The highest BCUT2D eigenvalue weighted by Crippen LogP contribution is 2.35. The van der Waals surface area contributed by atoms with Crippen LogP contribution in [0.1, 0.15) is 41.7 Å². The van der Waals surface area contributed by atoms with E-state index in [2.05, 4.69) is 16.7 Å². The van der Waals surface area contributed by atoms with Crippen molar-refractivity contribution in [1.82, 2.24) is 24.5 Å². The molecule has 0 atom stereocenters. The molecule has 0 aliphatic carbocycles. The number of aromatic nitrogens is 4. The molecule has 1 fully saturated rings. The lowest BCUT2D eigenvalue weighted by Gasteiger charge is -2.32. The topological polar surface area (TPSA) is 127 Å². The Bertz CT molecular complexity index is 1430. The van der Waals surface area contributed by atoms with Crippen LogP contribution in [0.4, 0.5) is 5.82 Å². The van der Waals surface area contributed by atoms with Crippen LogP contribution < -0.4 is 5.73 Å². The number of aliphatic hydroxyl groups is 1. The summed E-state index contributed by atoms with van der Waals surface area (Å²) < 4.78 is 1.50. The van der Waals surface area contributed by atoms with Crippen LogP contribution in [0.2, 0.25) is 0 Å². The van der Waals surface area contributed by atoms with Gasteiger partial charge in [-0.2, -0.15) is 21.0 Å². The molecule has 35 heavy (non-hydrogen) atoms. The summed E-state index contributed by atoms with van der Waals surface area (Å²) in [4.78, 5) is 35.7. The molecule has 0 radical (unpaired) electrons. The van der Waals surface area contributed by atoms with Gasteiger partial charge in [-0.05, 0) is 37.3 Å². The van der Waals surface area contributed by atoms with Crippen molar-refractivity contribution >= 4 is 34.5 Å². The van der Waals surface area contributed by atoms with Crippen LogP contribution in [-0.4, -0.2) is 54.4 Å². The Morgan fingerprint density at radius 1 is 1.17 bits per heavy atom. The molecule has 1 amide bonds. The number of likely N-dealkylation sites (tertiary alicyclic amines) is 1. The fourth-order valence-electron chi connectivity index (χ4n) is 4.57. The summed E-state index contributed by atoms with van der Waals surface area (Å²) in [6, 6.07) is 5.95. The van der Waals surface area contributed by atoms with E-state index in [1.54, 1.807) is 28.6 Å². The van der Waals surface area contributed by atoms with Crippen molar-refractivity contribution in [1.29, 1.82) is 0 Å². The van der Waals surface area contributed by atoms with E-state index in [9.17, 15) is 14.7 Å². The van der Waals surface area contributed by atoms with Crippen LogP contribution in [0, 0.1) is 0 Å². The van der Waals surface area contributed by atoms with Crippen molar-refractivity contribution in [3.05, 3.63) is 64.9 Å². The second kappa shape index (κ2) is 8.95. The first kappa shape index (κ1) is 22.7. The minimum absolute atomic E-state index is 0.0703. The van der Waals surface area contributed by atoms with Crippen LogP contribution in [0.3, 0.4) is 0 Å². The summed E-state index contributed by atoms with van der Waals surface area (Å²) in [5, 5.41) is 17.9. The standard InChI is InChI=1S/C25H24N6O3S/c1-14(32)21-22(16-5-8-30(9-6-16)25(34)15(2)33)29-24-19(12-28-31(24)23(21)26)17-3-4-20(27-11-17)18-7-10-35-13-18/h3-4,7,10-13,16,33H,2,5-6,8-9,26H2,1H3. The van der Waals surface area contributed by atoms with Crippen molar-refractivity contribution in [2.75, 3.05) is 18.8 Å². The van der Waals surface area contributed by atoms with Crippen LogP contribution in [0.15, 0.2) is 53.7 Å². The molecule has 3 N–H and O–H groups in total. The Morgan fingerprint density at radius 3 is 2.54 bits per heavy atom. The third kappa shape index (κ3) is 4.06. The van der Waals surface area contributed by atoms with Gasteiger partial charge in [0.2, 0.25) is 0 Å². The number of hydrogen-bond acceptors (Lipinski definition) is 8. The summed E-state index contributed by atoms with van der Waals surface area (Å²) in [6.45, 7) is 5.63. The number of Topliss-reactive ketones (excluding diaryl/α,β-unsaturated/α-hetero) is 1. The number of nitrogens with zero attached hydrogens (tertiary/aromatic N) is 5. The highest BCUT2D eigenvalue weighted by atomic mass is 32.1. The van der Waals surface area contributed by atoms with Gasteiger partial charge >= 0.3 is 0 Å². The molecule has 4 aromatic rings. The SMILES string of the molecule is C=C(O)C(=O)N1CCC(c2nc3c(-c4ccc(-c5ccsc5)nc4)cnn3c(N)c2C(C)=O)CC1. The van der Waals surface area contributed by atoms with Gasteiger partial charge in [0.1, 0.15) is 5.82 Å². The molecule has 0 spiro atoms. The minimum Gasteiger partial charge on any atom is -0.503 e. The number of nitrogen functional groups attached to an aromatic ring is 1. The number of carbonyl (C=O) groups is 2. The molecule has 5 rings (SSSR count). The van der Waals surface area contributed by atoms with Crippen LogP contribution in [0.5, 0.6) is 0 Å². The van der Waals surface area contributed by atoms with E-state index in [4.69, 9.17) is 10.7 Å². The van der Waals surface area contributed by atoms with Gasteiger partial charge in [0, 0.05) is 47.3 Å². The van der Waals surface area contributed by atoms with Crippen LogP contribution in [0.25, 0.3) is 28.0 Å². The van der Waals surface area contributed by atoms with Gasteiger partial charge in [-0.15, -0.1) is 0 Å². The fraction of sp³-hybridized carbons (Fsp3) is 0.240. The van der Waals surface area contributed by atoms with Gasteiger partial charge in [-0.3, -0.25) is 14.6 Å². The number of fused-ring (bicyclic) bond motifs is 1. The lowest BCUT2D eigenvalue weighted by molar-refractivity contribution is -0.130. The van der Waals surface area contributed by atoms with Crippen molar-refractivity contribution in [2.24, 2.45) is 0 Å². The zero-order valence-corrected chi connectivity index (χ0v) is 20.0. The van der Waals surface area contributed by atoms with E-state index in [1.165, 1.54) is 11.4 Å². The van der Waals surface area contributed by atoms with Gasteiger partial charge in [-0.25, -0.2) is 4.98 Å². The minimum atomic E-state index is -0.477. The van der Waals surface area contributed by atoms with Crippen LogP contribution in [-0.2, 0) is 4.79 Å². The lowest BCUT2D eigenvalue weighted by Crippen LogP contribution is -2.39. The average Bonchev–Trinajstić information content (AvgIpc) is 3.54. The number of pyridine rings is 1. The zero-order chi connectivity index (χ0) is 24.7. The maximum absolute atomic E-state index is 12.6. The summed E-state index contributed by atoms with van der Waals surface area (Å²) in [6.07, 6.45) is 4.64. The number of piperidine rings is 1. The predicted octanol–water partition coefficient (Wildman–Crippen LogP) is 4.08. The van der Waals surface area contributed by atoms with E-state index in [1.807, 2.05) is 29.0 Å². The Balaban J connectivity index is 1.53. The van der Waals surface area contributed by atoms with E-state index in [0.29, 0.717) is 42.8 Å². The molecule has 1 aliphatic heterocycles. The maximum atomic E-state index is 12.6. The summed E-state index contributed by atoms with van der Waals surface area (Å²) in [5.74, 6) is -0.963. The van der Waals surface area contributed by atoms with Crippen molar-refractivity contribution in [2.45, 2.75) is 25.7 Å². The zero-order valence-electron chi connectivity index (χ0n) is 19.1. The Kier molecular flexibility index (Phi) is 5.81. The normalized spacial score (nSPS) is 14.4. The molecule has 10 heteroatoms. The van der Waals surface area contributed by atoms with Gasteiger partial charge in [-0.1, -0.05) is 12.6 Å². The van der Waals surface area contributed by atoms with Gasteiger partial charge < -0.3 is 15.7 Å². The molecule has 1 aliphatic rings. The molecule has 0 bridgehead atoms. The first-order valence-electron chi connectivity index (χ1n) is 11.2. The smallest absolute Gasteiger partial charge is 0.288 e. The first-order valence-corrected chi connectivity index (χ1v) is 12.1. The second-order valence-electron chi connectivity index (χ2n) is 8.56. The highest BCUT2D eigenvalue weighted by molar-refractivity contribution is 7.08. The number of carbonyl (C=O) groups excluding carboxylic acids is 2. The maximum Gasteiger partial charge on any atom is 0.288 e. The van der Waals surface area contributed by atoms with Crippen molar-refractivity contribution in [3.8, 4) is 22.4 Å². The average molecular weight is 489 g/mol. The number of hydrogen-bond donors (Lipinski definition) is 2. The second-order valence-corrected chi connectivity index (χ2v) is 9.34. The van der Waals surface area contributed by atoms with Gasteiger partial charge in [0.25, 0.3) is 5.91 Å². The Labute approximate surface area is 205 Å². The van der Waals surface area contributed by atoms with E-state index in [-0.39, 0.29) is 17.5 Å². The molecule has 9 nitrogen and oxygen atoms in total. The van der Waals surface area contributed by atoms with Crippen molar-refractivity contribution in [3.63, 3.8) is 0 Å². The summed E-state index contributed by atoms with van der Waals surface area (Å²) in [5.41, 5.74) is 11.5. The van der Waals surface area contributed by atoms with Gasteiger partial charge in [0.15, 0.2) is 17.2 Å². The van der Waals surface area contributed by atoms with E-state index < -0.39 is 11.7 Å². The third-order valence-corrected chi connectivity index (χ3v) is 7.05. The number of rotatable bonds is 5. The molecule has 1 saturated heterocycles. The Hall–Kier alpha value is -4.05. The fourth-order valence-corrected chi connectivity index (χ4v) is 5.22. The van der Waals surface area contributed by atoms with E-state index in [0.717, 1.165) is 22.4 Å². The monoisotopic (exact) mass is 488 g/mol. The van der Waals surface area contributed by atoms with Gasteiger partial charge in [0.05, 0.1) is 23.1 Å². The molecule has 5 heterocycles. The largest absolute Gasteiger partial charge is 0.503 e.